The summed E-state index contributed by atoms with van der Waals surface area (Å²) in [6.45, 7) is 1.88. The van der Waals surface area contributed by atoms with Crippen LogP contribution < -0.4 is 10.6 Å². The average molecular weight is 283 g/mol. The second-order valence-electron chi connectivity index (χ2n) is 5.20. The number of aromatic amines is 1. The van der Waals surface area contributed by atoms with Gasteiger partial charge in [0.2, 0.25) is 0 Å². The van der Waals surface area contributed by atoms with Crippen molar-refractivity contribution in [1.82, 2.24) is 20.3 Å². The van der Waals surface area contributed by atoms with Crippen molar-refractivity contribution in [3.05, 3.63) is 42.5 Å². The third-order valence-corrected chi connectivity index (χ3v) is 3.63. The zero-order chi connectivity index (χ0) is 14.2. The van der Waals surface area contributed by atoms with E-state index in [-0.39, 0.29) is 5.82 Å². The van der Waals surface area contributed by atoms with Gasteiger partial charge in [0.15, 0.2) is 0 Å². The molecule has 1 saturated heterocycles. The monoisotopic (exact) mass is 283 g/mol. The fourth-order valence-electron chi connectivity index (χ4n) is 2.41. The Hall–Kier alpha value is -2.47. The summed E-state index contributed by atoms with van der Waals surface area (Å²) in [5, 5.41) is 7.35. The molecular weight excluding hydrogens is 269 g/mol. The number of anilines is 1. The summed E-state index contributed by atoms with van der Waals surface area (Å²) in [6.07, 6.45) is 3.41. The Balaban J connectivity index is 1.68. The van der Waals surface area contributed by atoms with Crippen LogP contribution >= 0.6 is 0 Å². The lowest BCUT2D eigenvalue weighted by molar-refractivity contribution is 0.471. The van der Waals surface area contributed by atoms with Crippen LogP contribution in [0.25, 0.3) is 22.3 Å². The van der Waals surface area contributed by atoms with Crippen LogP contribution in [0.1, 0.15) is 0 Å². The minimum atomic E-state index is -0.243. The highest BCUT2D eigenvalue weighted by Gasteiger charge is 2.17. The number of fused-ring (bicyclic) bond motifs is 1. The van der Waals surface area contributed by atoms with E-state index in [9.17, 15) is 4.39 Å². The van der Waals surface area contributed by atoms with Gasteiger partial charge in [-0.2, -0.15) is 0 Å². The van der Waals surface area contributed by atoms with Gasteiger partial charge < -0.3 is 15.6 Å². The average Bonchev–Trinajstić information content (AvgIpc) is 2.86. The summed E-state index contributed by atoms with van der Waals surface area (Å²) >= 11 is 0. The van der Waals surface area contributed by atoms with E-state index in [1.807, 2.05) is 6.07 Å². The van der Waals surface area contributed by atoms with Crippen molar-refractivity contribution in [3.8, 4) is 11.4 Å². The van der Waals surface area contributed by atoms with Gasteiger partial charge in [0.25, 0.3) is 0 Å². The molecule has 1 aromatic carbocycles. The maximum absolute atomic E-state index is 13.2. The molecule has 2 aromatic heterocycles. The summed E-state index contributed by atoms with van der Waals surface area (Å²) in [6, 6.07) is 6.97. The van der Waals surface area contributed by atoms with Crippen LogP contribution in [0.3, 0.4) is 0 Å². The van der Waals surface area contributed by atoms with Crippen molar-refractivity contribution in [1.29, 1.82) is 0 Å². The molecule has 0 saturated carbocycles. The summed E-state index contributed by atoms with van der Waals surface area (Å²) < 4.78 is 13.2. The first-order chi connectivity index (χ1) is 10.3. The standard InChI is InChI=1S/C15H14FN5/c16-10-1-2-12-9(3-10)4-13(20-12)14-7-18-8-15(21-14)19-11-5-17-6-11/h1-4,7-8,11,17,20H,5-6H2,(H,19,21). The minimum Gasteiger partial charge on any atom is -0.363 e. The smallest absolute Gasteiger partial charge is 0.145 e. The summed E-state index contributed by atoms with van der Waals surface area (Å²) in [5.41, 5.74) is 2.46. The largest absolute Gasteiger partial charge is 0.363 e. The molecule has 1 aliphatic rings. The van der Waals surface area contributed by atoms with E-state index in [2.05, 4.69) is 25.6 Å². The molecule has 3 N–H and O–H groups in total. The van der Waals surface area contributed by atoms with Gasteiger partial charge in [0, 0.05) is 24.0 Å². The Kier molecular flexibility index (Phi) is 2.82. The maximum Gasteiger partial charge on any atom is 0.145 e. The molecule has 1 aliphatic heterocycles. The number of rotatable bonds is 3. The highest BCUT2D eigenvalue weighted by molar-refractivity contribution is 5.85. The molecule has 5 nitrogen and oxygen atoms in total. The molecule has 0 aliphatic carbocycles. The van der Waals surface area contributed by atoms with Crippen molar-refractivity contribution >= 4 is 16.7 Å². The Morgan fingerprint density at radius 1 is 1.19 bits per heavy atom. The van der Waals surface area contributed by atoms with Gasteiger partial charge in [-0.1, -0.05) is 0 Å². The van der Waals surface area contributed by atoms with E-state index in [0.717, 1.165) is 41.2 Å². The van der Waals surface area contributed by atoms with Crippen molar-refractivity contribution in [2.24, 2.45) is 0 Å². The number of nitrogens with one attached hydrogen (secondary N) is 3. The van der Waals surface area contributed by atoms with Crippen molar-refractivity contribution in [3.63, 3.8) is 0 Å². The second-order valence-corrected chi connectivity index (χ2v) is 5.20. The maximum atomic E-state index is 13.2. The first-order valence-corrected chi connectivity index (χ1v) is 6.86. The predicted octanol–water partition coefficient (Wildman–Crippen LogP) is 2.15. The molecule has 0 radical (unpaired) electrons. The summed E-state index contributed by atoms with van der Waals surface area (Å²) in [7, 11) is 0. The minimum absolute atomic E-state index is 0.243. The fraction of sp³-hybridized carbons (Fsp3) is 0.200. The molecule has 0 unspecified atom stereocenters. The van der Waals surface area contributed by atoms with E-state index in [4.69, 9.17) is 0 Å². The van der Waals surface area contributed by atoms with Crippen LogP contribution in [0.15, 0.2) is 36.7 Å². The van der Waals surface area contributed by atoms with Crippen molar-refractivity contribution in [2.75, 3.05) is 18.4 Å². The Morgan fingerprint density at radius 3 is 2.90 bits per heavy atom. The molecule has 3 aromatic rings. The van der Waals surface area contributed by atoms with E-state index in [0.29, 0.717) is 6.04 Å². The first kappa shape index (κ1) is 12.3. The molecular formula is C15H14FN5. The normalized spacial score (nSPS) is 15.1. The molecule has 4 rings (SSSR count). The van der Waals surface area contributed by atoms with Gasteiger partial charge in [-0.3, -0.25) is 4.98 Å². The molecule has 21 heavy (non-hydrogen) atoms. The highest BCUT2D eigenvalue weighted by atomic mass is 19.1. The SMILES string of the molecule is Fc1ccc2[nH]c(-c3cncc(NC4CNC4)n3)cc2c1. The van der Waals surface area contributed by atoms with Crippen LogP contribution in [0.4, 0.5) is 10.2 Å². The molecule has 1 fully saturated rings. The number of benzene rings is 1. The fourth-order valence-corrected chi connectivity index (χ4v) is 2.41. The molecule has 0 bridgehead atoms. The lowest BCUT2D eigenvalue weighted by Crippen LogP contribution is -2.51. The molecule has 0 amide bonds. The van der Waals surface area contributed by atoms with Gasteiger partial charge in [0.1, 0.15) is 17.3 Å². The Labute approximate surface area is 120 Å². The Bertz CT molecular complexity index is 794. The lowest BCUT2D eigenvalue weighted by atomic mass is 10.2. The number of nitrogens with zero attached hydrogens (tertiary/aromatic N) is 2. The van der Waals surface area contributed by atoms with E-state index >= 15 is 0 Å². The topological polar surface area (TPSA) is 65.6 Å². The first-order valence-electron chi connectivity index (χ1n) is 6.86. The van der Waals surface area contributed by atoms with Crippen LogP contribution in [0.2, 0.25) is 0 Å². The van der Waals surface area contributed by atoms with Gasteiger partial charge >= 0.3 is 0 Å². The zero-order valence-corrected chi connectivity index (χ0v) is 11.2. The van der Waals surface area contributed by atoms with Crippen LogP contribution in [-0.2, 0) is 0 Å². The number of aromatic nitrogens is 3. The van der Waals surface area contributed by atoms with Crippen LogP contribution in [0, 0.1) is 5.82 Å². The predicted molar refractivity (Wildman–Crippen MR) is 79.6 cm³/mol. The summed E-state index contributed by atoms with van der Waals surface area (Å²) in [5.74, 6) is 0.510. The molecule has 0 spiro atoms. The molecule has 6 heteroatoms. The van der Waals surface area contributed by atoms with E-state index < -0.39 is 0 Å². The Morgan fingerprint density at radius 2 is 2.10 bits per heavy atom. The van der Waals surface area contributed by atoms with Crippen LogP contribution in [0.5, 0.6) is 0 Å². The van der Waals surface area contributed by atoms with Crippen molar-refractivity contribution in [2.45, 2.75) is 6.04 Å². The van der Waals surface area contributed by atoms with Gasteiger partial charge in [-0.15, -0.1) is 0 Å². The molecule has 3 heterocycles. The van der Waals surface area contributed by atoms with Crippen molar-refractivity contribution < 1.29 is 4.39 Å². The van der Waals surface area contributed by atoms with Gasteiger partial charge in [-0.05, 0) is 24.3 Å². The van der Waals surface area contributed by atoms with Gasteiger partial charge in [-0.25, -0.2) is 9.37 Å². The number of hydrogen-bond acceptors (Lipinski definition) is 4. The molecule has 0 atom stereocenters. The van der Waals surface area contributed by atoms with E-state index in [1.54, 1.807) is 18.5 Å². The number of hydrogen-bond donors (Lipinski definition) is 3. The van der Waals surface area contributed by atoms with Crippen LogP contribution in [-0.4, -0.2) is 34.1 Å². The third kappa shape index (κ3) is 2.34. The van der Waals surface area contributed by atoms with Gasteiger partial charge in [0.05, 0.1) is 24.1 Å². The number of halogens is 1. The quantitative estimate of drug-likeness (QED) is 0.689. The summed E-state index contributed by atoms with van der Waals surface area (Å²) in [4.78, 5) is 12.0. The molecule has 106 valence electrons. The highest BCUT2D eigenvalue weighted by Crippen LogP contribution is 2.23. The number of H-pyrrole nitrogens is 1. The zero-order valence-electron chi connectivity index (χ0n) is 11.2. The lowest BCUT2D eigenvalue weighted by Gasteiger charge is -2.28. The third-order valence-electron chi connectivity index (χ3n) is 3.63. The van der Waals surface area contributed by atoms with E-state index in [1.165, 1.54) is 12.1 Å². The second kappa shape index (κ2) is 4.82.